The second-order valence-corrected chi connectivity index (χ2v) is 6.27. The number of carbonyl (C=O) groups is 2. The van der Waals surface area contributed by atoms with E-state index in [1.165, 1.54) is 18.6 Å². The molecule has 2 fully saturated rings. The molecule has 2 bridgehead atoms. The number of rotatable bonds is 2. The summed E-state index contributed by atoms with van der Waals surface area (Å²) >= 11 is 3.30. The molecule has 2 N–H and O–H groups in total. The van der Waals surface area contributed by atoms with Crippen LogP contribution in [0.15, 0.2) is 22.7 Å². The number of carbonyl (C=O) groups excluding carboxylic acids is 1. The summed E-state index contributed by atoms with van der Waals surface area (Å²) in [6, 6.07) is 4.87. The van der Waals surface area contributed by atoms with E-state index in [1.54, 1.807) is 6.07 Å². The van der Waals surface area contributed by atoms with Gasteiger partial charge in [-0.2, -0.15) is 0 Å². The van der Waals surface area contributed by atoms with E-state index < -0.39 is 5.97 Å². The highest BCUT2D eigenvalue weighted by molar-refractivity contribution is 9.10. The smallest absolute Gasteiger partial charge is 0.335 e. The minimum atomic E-state index is -0.986. The Kier molecular flexibility index (Phi) is 3.41. The molecule has 2 unspecified atom stereocenters. The number of hydrogen-bond donors (Lipinski definition) is 2. The first-order valence-electron chi connectivity index (χ1n) is 6.65. The molecule has 0 spiro atoms. The summed E-state index contributed by atoms with van der Waals surface area (Å²) in [6.07, 6.45) is 3.44. The average molecular weight is 339 g/mol. The maximum Gasteiger partial charge on any atom is 0.335 e. The van der Waals surface area contributed by atoms with Crippen molar-refractivity contribution < 1.29 is 14.7 Å². The minimum absolute atomic E-state index is 0.0963. The maximum absolute atomic E-state index is 12.3. The lowest BCUT2D eigenvalue weighted by Crippen LogP contribution is -2.40. The number of halogens is 1. The Morgan fingerprint density at radius 1 is 1.35 bits per heavy atom. The highest BCUT2D eigenvalue weighted by Gasteiger charge is 2.40. The number of hydrogen-bond acceptors (Lipinski definition) is 2. The number of fused-ring (bicyclic) bond motifs is 2. The Hall–Kier alpha value is -1.56. The maximum atomic E-state index is 12.3. The first-order valence-corrected chi connectivity index (χ1v) is 7.44. The Labute approximate surface area is 125 Å². The summed E-state index contributed by atoms with van der Waals surface area (Å²) in [5, 5.41) is 11.8. The summed E-state index contributed by atoms with van der Waals surface area (Å²) < 4.78 is 0.579. The fraction of sp³-hybridized carbons (Fsp3) is 0.429. The van der Waals surface area contributed by atoms with Gasteiger partial charge in [0.05, 0.1) is 11.3 Å². The van der Waals surface area contributed by atoms with Crippen LogP contribution in [0.2, 0.25) is 0 Å². The molecule has 2 atom stereocenters. The van der Waals surface area contributed by atoms with Crippen LogP contribution in [0.4, 0.5) is 10.5 Å². The van der Waals surface area contributed by atoms with E-state index in [0.29, 0.717) is 22.1 Å². The third-order valence-electron chi connectivity index (χ3n) is 4.13. The molecule has 2 aliphatic rings. The lowest BCUT2D eigenvalue weighted by atomic mass is 10.1. The van der Waals surface area contributed by atoms with Crippen molar-refractivity contribution in [2.75, 3.05) is 11.9 Å². The van der Waals surface area contributed by atoms with E-state index in [1.807, 2.05) is 4.90 Å². The SMILES string of the molecule is O=C(O)c1ccc(NC(=O)N2CC3CCC2C3)c(Br)c1. The summed E-state index contributed by atoms with van der Waals surface area (Å²) in [6.45, 7) is 0.835. The van der Waals surface area contributed by atoms with Crippen molar-refractivity contribution in [2.24, 2.45) is 5.92 Å². The van der Waals surface area contributed by atoms with Crippen molar-refractivity contribution in [3.63, 3.8) is 0 Å². The zero-order valence-corrected chi connectivity index (χ0v) is 12.4. The summed E-state index contributed by atoms with van der Waals surface area (Å²) in [5.41, 5.74) is 0.790. The Morgan fingerprint density at radius 3 is 2.70 bits per heavy atom. The van der Waals surface area contributed by atoms with Gasteiger partial charge in [0.2, 0.25) is 0 Å². The Bertz CT molecular complexity index is 576. The highest BCUT2D eigenvalue weighted by atomic mass is 79.9. The molecular weight excluding hydrogens is 324 g/mol. The molecule has 1 saturated carbocycles. The van der Waals surface area contributed by atoms with E-state index in [4.69, 9.17) is 5.11 Å². The minimum Gasteiger partial charge on any atom is -0.478 e. The molecule has 1 aliphatic heterocycles. The van der Waals surface area contributed by atoms with Gasteiger partial charge in [0.1, 0.15) is 0 Å². The number of nitrogens with one attached hydrogen (secondary N) is 1. The molecule has 3 rings (SSSR count). The molecule has 1 saturated heterocycles. The van der Waals surface area contributed by atoms with E-state index in [0.717, 1.165) is 19.4 Å². The molecule has 1 heterocycles. The first kappa shape index (κ1) is 13.4. The normalized spacial score (nSPS) is 23.9. The van der Waals surface area contributed by atoms with Crippen LogP contribution in [0.25, 0.3) is 0 Å². The Morgan fingerprint density at radius 2 is 2.15 bits per heavy atom. The topological polar surface area (TPSA) is 69.6 Å². The fourth-order valence-corrected chi connectivity index (χ4v) is 3.59. The number of urea groups is 1. The third-order valence-corrected chi connectivity index (χ3v) is 4.78. The number of nitrogens with zero attached hydrogens (tertiary/aromatic N) is 1. The third kappa shape index (κ3) is 2.40. The van der Waals surface area contributed by atoms with Gasteiger partial charge in [-0.15, -0.1) is 0 Å². The standard InChI is InChI=1S/C14H15BrN2O3/c15-11-6-9(13(18)19)2-4-12(11)16-14(20)17-7-8-1-3-10(17)5-8/h2,4,6,8,10H,1,3,5,7H2,(H,16,20)(H,18,19). The van der Waals surface area contributed by atoms with Gasteiger partial charge in [0.25, 0.3) is 0 Å². The molecule has 5 nitrogen and oxygen atoms in total. The van der Waals surface area contributed by atoms with Crippen molar-refractivity contribution in [3.05, 3.63) is 28.2 Å². The number of carboxylic acids is 1. The van der Waals surface area contributed by atoms with Gasteiger partial charge >= 0.3 is 12.0 Å². The van der Waals surface area contributed by atoms with E-state index in [2.05, 4.69) is 21.2 Å². The van der Waals surface area contributed by atoms with Gasteiger partial charge < -0.3 is 15.3 Å². The van der Waals surface area contributed by atoms with Gasteiger partial charge in [-0.1, -0.05) is 0 Å². The molecule has 0 aromatic heterocycles. The number of amides is 2. The van der Waals surface area contributed by atoms with E-state index in [-0.39, 0.29) is 11.6 Å². The second kappa shape index (κ2) is 5.09. The Balaban J connectivity index is 1.71. The van der Waals surface area contributed by atoms with Crippen LogP contribution in [-0.2, 0) is 0 Å². The lowest BCUT2D eigenvalue weighted by molar-refractivity contribution is 0.0697. The van der Waals surface area contributed by atoms with Crippen LogP contribution in [0, 0.1) is 5.92 Å². The van der Waals surface area contributed by atoms with Crippen LogP contribution < -0.4 is 5.32 Å². The van der Waals surface area contributed by atoms with Gasteiger partial charge in [-0.25, -0.2) is 9.59 Å². The number of benzene rings is 1. The number of carboxylic acid groups (broad SMARTS) is 1. The molecule has 6 heteroatoms. The number of piperidine rings is 1. The zero-order chi connectivity index (χ0) is 14.3. The van der Waals surface area contributed by atoms with Crippen LogP contribution in [0.1, 0.15) is 29.6 Å². The van der Waals surface area contributed by atoms with Gasteiger partial charge in [0.15, 0.2) is 0 Å². The summed E-state index contributed by atoms with van der Waals surface area (Å²) in [5.74, 6) is -0.330. The van der Waals surface area contributed by atoms with Gasteiger partial charge in [0, 0.05) is 17.1 Å². The number of likely N-dealkylation sites (tertiary alicyclic amines) is 1. The van der Waals surface area contributed by atoms with Crippen molar-refractivity contribution in [1.29, 1.82) is 0 Å². The predicted molar refractivity (Wildman–Crippen MR) is 78.0 cm³/mol. The largest absolute Gasteiger partial charge is 0.478 e. The summed E-state index contributed by atoms with van der Waals surface area (Å²) in [4.78, 5) is 25.0. The number of aromatic carboxylic acids is 1. The fourth-order valence-electron chi connectivity index (χ4n) is 3.11. The molecule has 2 amide bonds. The quantitative estimate of drug-likeness (QED) is 0.870. The molecule has 1 aliphatic carbocycles. The molecule has 20 heavy (non-hydrogen) atoms. The van der Waals surface area contributed by atoms with E-state index >= 15 is 0 Å². The van der Waals surface area contributed by atoms with Crippen LogP contribution in [-0.4, -0.2) is 34.6 Å². The van der Waals surface area contributed by atoms with Crippen molar-refractivity contribution >= 4 is 33.6 Å². The zero-order valence-electron chi connectivity index (χ0n) is 10.8. The number of anilines is 1. The average Bonchev–Trinajstić information content (AvgIpc) is 3.03. The lowest BCUT2D eigenvalue weighted by Gasteiger charge is -2.27. The second-order valence-electron chi connectivity index (χ2n) is 5.42. The van der Waals surface area contributed by atoms with Crippen molar-refractivity contribution in [2.45, 2.75) is 25.3 Å². The molecule has 106 valence electrons. The highest BCUT2D eigenvalue weighted by Crippen LogP contribution is 2.37. The van der Waals surface area contributed by atoms with Crippen molar-refractivity contribution in [3.8, 4) is 0 Å². The monoisotopic (exact) mass is 338 g/mol. The summed E-state index contributed by atoms with van der Waals surface area (Å²) in [7, 11) is 0. The van der Waals surface area contributed by atoms with Gasteiger partial charge in [-0.05, 0) is 59.3 Å². The van der Waals surface area contributed by atoms with E-state index in [9.17, 15) is 9.59 Å². The molecule has 1 aromatic carbocycles. The molecular formula is C14H15BrN2O3. The first-order chi connectivity index (χ1) is 9.54. The van der Waals surface area contributed by atoms with Crippen LogP contribution in [0.5, 0.6) is 0 Å². The molecule has 1 aromatic rings. The molecule has 0 radical (unpaired) electrons. The van der Waals surface area contributed by atoms with Crippen LogP contribution in [0.3, 0.4) is 0 Å². The van der Waals surface area contributed by atoms with Crippen molar-refractivity contribution in [1.82, 2.24) is 4.90 Å². The predicted octanol–water partition coefficient (Wildman–Crippen LogP) is 3.16. The van der Waals surface area contributed by atoms with Gasteiger partial charge in [-0.3, -0.25) is 0 Å². The van der Waals surface area contributed by atoms with Crippen LogP contribution >= 0.6 is 15.9 Å².